The van der Waals surface area contributed by atoms with Crippen molar-refractivity contribution in [1.29, 1.82) is 0 Å². The Morgan fingerprint density at radius 3 is 2.08 bits per heavy atom. The molecule has 0 aliphatic heterocycles. The van der Waals surface area contributed by atoms with Gasteiger partial charge in [0, 0.05) is 6.42 Å². The monoisotopic (exact) mass is 205 g/mol. The predicted octanol–water partition coefficient (Wildman–Crippen LogP) is -4.45. The minimum atomic E-state index is -1.17. The first-order chi connectivity index (χ1) is 4.54. The SMILES string of the molecule is N[C@@H](CCC(=O)O)C(=O)O.O.[H-].[K+]. The predicted molar refractivity (Wildman–Crippen MR) is 37.2 cm³/mol. The summed E-state index contributed by atoms with van der Waals surface area (Å²) in [6.45, 7) is 0. The van der Waals surface area contributed by atoms with E-state index < -0.39 is 18.0 Å². The Morgan fingerprint density at radius 2 is 1.83 bits per heavy atom. The van der Waals surface area contributed by atoms with Gasteiger partial charge in [-0.1, -0.05) is 0 Å². The topological polar surface area (TPSA) is 132 Å². The number of carbonyl (C=O) groups is 2. The van der Waals surface area contributed by atoms with Gasteiger partial charge in [0.05, 0.1) is 0 Å². The summed E-state index contributed by atoms with van der Waals surface area (Å²) in [4.78, 5) is 19.9. The van der Waals surface area contributed by atoms with Crippen LogP contribution in [0.3, 0.4) is 0 Å². The van der Waals surface area contributed by atoms with Crippen molar-refractivity contribution < 1.29 is 78.1 Å². The third kappa shape index (κ3) is 10.5. The van der Waals surface area contributed by atoms with E-state index in [-0.39, 0.29) is 71.1 Å². The van der Waals surface area contributed by atoms with Gasteiger partial charge in [-0.2, -0.15) is 0 Å². The van der Waals surface area contributed by atoms with Crippen LogP contribution in [0.15, 0.2) is 0 Å². The fraction of sp³-hybridized carbons (Fsp3) is 0.600. The van der Waals surface area contributed by atoms with E-state index in [0.717, 1.165) is 0 Å². The second kappa shape index (κ2) is 9.58. The number of carboxylic acids is 2. The molecule has 0 aromatic heterocycles. The molecule has 0 saturated carbocycles. The average Bonchev–Trinajstić information content (AvgIpc) is 1.82. The standard InChI is InChI=1S/C5H9NO4.K.H2O.H/c6-3(5(9)10)1-2-4(7)8;;;/h3H,1-2,6H2,(H,7,8)(H,9,10);;1H2;/q;+1;;-1/t3-;;;/m0.../s1. The summed E-state index contributed by atoms with van der Waals surface area (Å²) >= 11 is 0. The molecule has 0 radical (unpaired) electrons. The van der Waals surface area contributed by atoms with E-state index in [1.54, 1.807) is 0 Å². The molecule has 0 heterocycles. The summed E-state index contributed by atoms with van der Waals surface area (Å²) in [7, 11) is 0. The maximum atomic E-state index is 9.99. The molecule has 0 saturated heterocycles. The number of aliphatic carboxylic acids is 2. The van der Waals surface area contributed by atoms with Gasteiger partial charge in [0.1, 0.15) is 6.04 Å². The van der Waals surface area contributed by atoms with Gasteiger partial charge in [-0.3, -0.25) is 9.59 Å². The van der Waals surface area contributed by atoms with E-state index in [2.05, 4.69) is 0 Å². The Morgan fingerprint density at radius 1 is 1.42 bits per heavy atom. The Balaban J connectivity index is -0.000000135. The number of hydrogen-bond donors (Lipinski definition) is 3. The fourth-order valence-corrected chi connectivity index (χ4v) is 0.402. The van der Waals surface area contributed by atoms with Crippen molar-refractivity contribution in [2.45, 2.75) is 18.9 Å². The van der Waals surface area contributed by atoms with E-state index in [4.69, 9.17) is 15.9 Å². The van der Waals surface area contributed by atoms with Crippen LogP contribution in [0, 0.1) is 0 Å². The first-order valence-electron chi connectivity index (χ1n) is 2.74. The van der Waals surface area contributed by atoms with Gasteiger partial charge in [-0.15, -0.1) is 0 Å². The van der Waals surface area contributed by atoms with Crippen LogP contribution >= 0.6 is 0 Å². The second-order valence-electron chi connectivity index (χ2n) is 1.88. The largest absolute Gasteiger partial charge is 1.00 e. The number of nitrogens with two attached hydrogens (primary N) is 1. The average molecular weight is 205 g/mol. The van der Waals surface area contributed by atoms with E-state index in [1.165, 1.54) is 0 Å². The Kier molecular flexibility index (Phi) is 14.6. The van der Waals surface area contributed by atoms with Gasteiger partial charge >= 0.3 is 63.3 Å². The molecule has 6 nitrogen and oxygen atoms in total. The van der Waals surface area contributed by atoms with Gasteiger partial charge < -0.3 is 22.8 Å². The van der Waals surface area contributed by atoms with Crippen molar-refractivity contribution >= 4 is 11.9 Å². The molecule has 0 aromatic carbocycles. The summed E-state index contributed by atoms with van der Waals surface area (Å²) in [5, 5.41) is 16.3. The Hall–Kier alpha value is 0.496. The quantitative estimate of drug-likeness (QED) is 0.398. The van der Waals surface area contributed by atoms with Crippen LogP contribution in [-0.2, 0) is 9.59 Å². The van der Waals surface area contributed by atoms with Gasteiger partial charge in [-0.25, -0.2) is 0 Å². The van der Waals surface area contributed by atoms with Gasteiger partial charge in [0.15, 0.2) is 0 Å². The van der Waals surface area contributed by atoms with Crippen LogP contribution in [0.5, 0.6) is 0 Å². The third-order valence-corrected chi connectivity index (χ3v) is 0.986. The van der Waals surface area contributed by atoms with Crippen molar-refractivity contribution in [2.75, 3.05) is 0 Å². The van der Waals surface area contributed by atoms with Crippen LogP contribution in [0.4, 0.5) is 0 Å². The summed E-state index contributed by atoms with van der Waals surface area (Å²) in [6.07, 6.45) is -0.224. The zero-order valence-electron chi connectivity index (χ0n) is 7.78. The van der Waals surface area contributed by atoms with Gasteiger partial charge in [0.25, 0.3) is 0 Å². The molecule has 0 fully saturated rings. The summed E-state index contributed by atoms with van der Waals surface area (Å²) in [5.74, 6) is -2.20. The summed E-state index contributed by atoms with van der Waals surface area (Å²) in [5.41, 5.74) is 5.00. The first-order valence-corrected chi connectivity index (χ1v) is 2.74. The minimum Gasteiger partial charge on any atom is -1.00 e. The summed E-state index contributed by atoms with van der Waals surface area (Å²) in [6, 6.07) is -1.06. The maximum Gasteiger partial charge on any atom is 1.00 e. The van der Waals surface area contributed by atoms with Crippen molar-refractivity contribution in [3.8, 4) is 0 Å². The molecule has 0 aliphatic rings. The van der Waals surface area contributed by atoms with Crippen LogP contribution in [0.1, 0.15) is 14.3 Å². The molecule has 6 N–H and O–H groups in total. The van der Waals surface area contributed by atoms with Crippen molar-refractivity contribution in [2.24, 2.45) is 5.73 Å². The van der Waals surface area contributed by atoms with Crippen molar-refractivity contribution in [1.82, 2.24) is 0 Å². The number of carboxylic acid groups (broad SMARTS) is 2. The molecule has 0 amide bonds. The fourth-order valence-electron chi connectivity index (χ4n) is 0.402. The van der Waals surface area contributed by atoms with Crippen molar-refractivity contribution in [3.05, 3.63) is 0 Å². The molecule has 0 aliphatic carbocycles. The van der Waals surface area contributed by atoms with E-state index in [1.807, 2.05) is 0 Å². The van der Waals surface area contributed by atoms with Crippen LogP contribution < -0.4 is 57.1 Å². The molecule has 12 heavy (non-hydrogen) atoms. The van der Waals surface area contributed by atoms with Crippen molar-refractivity contribution in [3.63, 3.8) is 0 Å². The van der Waals surface area contributed by atoms with Crippen LogP contribution in [-0.4, -0.2) is 33.7 Å². The van der Waals surface area contributed by atoms with Crippen LogP contribution in [0.25, 0.3) is 0 Å². The molecule has 0 rings (SSSR count). The molecular formula is C5H12KNO5. The third-order valence-electron chi connectivity index (χ3n) is 0.986. The molecule has 7 heteroatoms. The second-order valence-corrected chi connectivity index (χ2v) is 1.88. The molecule has 0 spiro atoms. The van der Waals surface area contributed by atoms with Crippen LogP contribution in [0.2, 0.25) is 0 Å². The zero-order chi connectivity index (χ0) is 8.15. The maximum absolute atomic E-state index is 9.99. The van der Waals surface area contributed by atoms with E-state index >= 15 is 0 Å². The zero-order valence-corrected chi connectivity index (χ0v) is 9.90. The molecule has 0 unspecified atom stereocenters. The summed E-state index contributed by atoms with van der Waals surface area (Å²) < 4.78 is 0. The molecule has 1 atom stereocenters. The molecular weight excluding hydrogens is 193 g/mol. The molecule has 68 valence electrons. The normalized spacial score (nSPS) is 10.4. The Bertz CT molecular complexity index is 156. The Labute approximate surface area is 113 Å². The number of rotatable bonds is 4. The smallest absolute Gasteiger partial charge is 1.00 e. The molecule has 0 aromatic rings. The van der Waals surface area contributed by atoms with E-state index in [9.17, 15) is 9.59 Å². The molecule has 0 bridgehead atoms. The van der Waals surface area contributed by atoms with E-state index in [0.29, 0.717) is 0 Å². The number of hydrogen-bond acceptors (Lipinski definition) is 3. The first kappa shape index (κ1) is 18.3. The van der Waals surface area contributed by atoms with Gasteiger partial charge in [-0.05, 0) is 6.42 Å². The minimum absolute atomic E-state index is 0. The van der Waals surface area contributed by atoms with Gasteiger partial charge in [0.2, 0.25) is 0 Å².